The lowest BCUT2D eigenvalue weighted by Gasteiger charge is -2.33. The van der Waals surface area contributed by atoms with Crippen molar-refractivity contribution in [3.8, 4) is 5.75 Å². The Morgan fingerprint density at radius 2 is 2.19 bits per heavy atom. The Morgan fingerprint density at radius 1 is 1.43 bits per heavy atom. The number of carbonyl (C=O) groups excluding carboxylic acids is 1. The van der Waals surface area contributed by atoms with Crippen LogP contribution in [0, 0.1) is 19.8 Å². The molecule has 0 N–H and O–H groups in total. The summed E-state index contributed by atoms with van der Waals surface area (Å²) in [5.74, 6) is 1.58. The molecule has 0 aliphatic carbocycles. The second-order valence-electron chi connectivity index (χ2n) is 6.32. The minimum Gasteiger partial charge on any atom is -0.480 e. The van der Waals surface area contributed by atoms with Crippen LogP contribution in [-0.4, -0.2) is 30.0 Å². The maximum atomic E-state index is 12.7. The zero-order valence-corrected chi connectivity index (χ0v) is 13.7. The first-order chi connectivity index (χ1) is 10.0. The van der Waals surface area contributed by atoms with Gasteiger partial charge >= 0.3 is 0 Å². The highest BCUT2D eigenvalue weighted by Gasteiger charge is 2.28. The summed E-state index contributed by atoms with van der Waals surface area (Å²) in [4.78, 5) is 14.7. The number of carbonyl (C=O) groups is 1. The van der Waals surface area contributed by atoms with Crippen molar-refractivity contribution in [1.29, 1.82) is 0 Å². The summed E-state index contributed by atoms with van der Waals surface area (Å²) in [5.41, 5.74) is 2.24. The number of rotatable bonds is 4. The molecule has 1 aliphatic heterocycles. The summed E-state index contributed by atoms with van der Waals surface area (Å²) in [6.07, 6.45) is 2.67. The van der Waals surface area contributed by atoms with Crippen LogP contribution in [0.4, 0.5) is 0 Å². The first-order valence-electron chi connectivity index (χ1n) is 8.04. The predicted molar refractivity (Wildman–Crippen MR) is 85.6 cm³/mol. The molecule has 0 spiro atoms. The number of aryl methyl sites for hydroxylation is 2. The topological polar surface area (TPSA) is 29.5 Å². The van der Waals surface area contributed by atoms with Crippen molar-refractivity contribution in [3.05, 3.63) is 29.3 Å². The number of hydrogen-bond donors (Lipinski definition) is 0. The number of piperidine rings is 1. The molecular formula is C18H27NO2. The highest BCUT2D eigenvalue weighted by Crippen LogP contribution is 2.23. The number of benzene rings is 1. The molecule has 0 unspecified atom stereocenters. The lowest BCUT2D eigenvalue weighted by atomic mass is 9.99. The first kappa shape index (κ1) is 15.9. The predicted octanol–water partition coefficient (Wildman–Crippen LogP) is 3.72. The molecule has 0 radical (unpaired) electrons. The third-order valence-electron chi connectivity index (χ3n) is 4.23. The molecular weight excluding hydrogens is 262 g/mol. The van der Waals surface area contributed by atoms with Crippen molar-refractivity contribution in [2.45, 2.75) is 53.1 Å². The van der Waals surface area contributed by atoms with Gasteiger partial charge in [0.1, 0.15) is 5.75 Å². The van der Waals surface area contributed by atoms with Gasteiger partial charge in [-0.1, -0.05) is 26.0 Å². The molecule has 21 heavy (non-hydrogen) atoms. The third-order valence-corrected chi connectivity index (χ3v) is 4.23. The number of ether oxygens (including phenoxy) is 1. The molecule has 1 amide bonds. The molecule has 1 aromatic carbocycles. The van der Waals surface area contributed by atoms with E-state index in [0.29, 0.717) is 12.3 Å². The van der Waals surface area contributed by atoms with Crippen LogP contribution >= 0.6 is 0 Å². The van der Waals surface area contributed by atoms with E-state index in [-0.39, 0.29) is 12.0 Å². The molecule has 0 saturated carbocycles. The van der Waals surface area contributed by atoms with Crippen LogP contribution in [0.1, 0.15) is 44.2 Å². The van der Waals surface area contributed by atoms with Gasteiger partial charge in [0.2, 0.25) is 0 Å². The average Bonchev–Trinajstić information content (AvgIpc) is 2.47. The van der Waals surface area contributed by atoms with Gasteiger partial charge < -0.3 is 9.64 Å². The highest BCUT2D eigenvalue weighted by atomic mass is 16.5. The van der Waals surface area contributed by atoms with E-state index in [2.05, 4.69) is 13.0 Å². The Kier molecular flexibility index (Phi) is 5.27. The Hall–Kier alpha value is -1.51. The Bertz CT molecular complexity index is 498. The van der Waals surface area contributed by atoms with E-state index in [0.717, 1.165) is 36.4 Å². The van der Waals surface area contributed by atoms with E-state index in [1.54, 1.807) is 0 Å². The second-order valence-corrected chi connectivity index (χ2v) is 6.32. The van der Waals surface area contributed by atoms with Crippen LogP contribution in [0.25, 0.3) is 0 Å². The third kappa shape index (κ3) is 3.99. The quantitative estimate of drug-likeness (QED) is 0.845. The summed E-state index contributed by atoms with van der Waals surface area (Å²) in [6.45, 7) is 10.0. The number of nitrogens with zero attached hydrogens (tertiary/aromatic N) is 1. The van der Waals surface area contributed by atoms with Crippen LogP contribution < -0.4 is 4.74 Å². The maximum absolute atomic E-state index is 12.7. The molecule has 1 fully saturated rings. The molecule has 116 valence electrons. The zero-order chi connectivity index (χ0) is 15.4. The molecule has 3 heteroatoms. The highest BCUT2D eigenvalue weighted by molar-refractivity contribution is 5.81. The van der Waals surface area contributed by atoms with Gasteiger partial charge in [0.15, 0.2) is 6.10 Å². The normalized spacial score (nSPS) is 20.2. The van der Waals surface area contributed by atoms with E-state index in [4.69, 9.17) is 4.74 Å². The number of hydrogen-bond acceptors (Lipinski definition) is 2. The van der Waals surface area contributed by atoms with Gasteiger partial charge in [0.25, 0.3) is 5.91 Å². The number of likely N-dealkylation sites (tertiary alicyclic amines) is 1. The monoisotopic (exact) mass is 289 g/mol. The van der Waals surface area contributed by atoms with Gasteiger partial charge in [-0.05, 0) is 56.2 Å². The maximum Gasteiger partial charge on any atom is 0.263 e. The molecule has 1 saturated heterocycles. The zero-order valence-electron chi connectivity index (χ0n) is 13.7. The minimum atomic E-state index is -0.365. The lowest BCUT2D eigenvalue weighted by molar-refractivity contribution is -0.140. The fourth-order valence-electron chi connectivity index (χ4n) is 2.89. The van der Waals surface area contributed by atoms with Gasteiger partial charge in [-0.15, -0.1) is 0 Å². The van der Waals surface area contributed by atoms with E-state index in [9.17, 15) is 4.79 Å². The van der Waals surface area contributed by atoms with E-state index < -0.39 is 0 Å². The standard InChI is InChI=1S/C18H27NO2/c1-5-16(18(20)19-10-6-7-14(3)12-19)21-17-11-13(2)8-9-15(17)4/h8-9,11,14,16H,5-7,10,12H2,1-4H3/t14-,16+/m1/s1. The molecule has 0 aromatic heterocycles. The second kappa shape index (κ2) is 6.97. The van der Waals surface area contributed by atoms with Crippen LogP contribution in [0.3, 0.4) is 0 Å². The molecule has 1 aliphatic rings. The van der Waals surface area contributed by atoms with Crippen molar-refractivity contribution in [3.63, 3.8) is 0 Å². The summed E-state index contributed by atoms with van der Waals surface area (Å²) < 4.78 is 6.03. The Balaban J connectivity index is 2.08. The summed E-state index contributed by atoms with van der Waals surface area (Å²) in [6, 6.07) is 6.13. The molecule has 0 bridgehead atoms. The van der Waals surface area contributed by atoms with Crippen molar-refractivity contribution < 1.29 is 9.53 Å². The van der Waals surface area contributed by atoms with Crippen LogP contribution in [0.5, 0.6) is 5.75 Å². The first-order valence-corrected chi connectivity index (χ1v) is 8.04. The van der Waals surface area contributed by atoms with Gasteiger partial charge in [-0.2, -0.15) is 0 Å². The van der Waals surface area contributed by atoms with Gasteiger partial charge in [-0.3, -0.25) is 4.79 Å². The SMILES string of the molecule is CC[C@H](Oc1cc(C)ccc1C)C(=O)N1CCC[C@@H](C)C1. The summed E-state index contributed by atoms with van der Waals surface area (Å²) >= 11 is 0. The summed E-state index contributed by atoms with van der Waals surface area (Å²) in [5, 5.41) is 0. The smallest absolute Gasteiger partial charge is 0.263 e. The van der Waals surface area contributed by atoms with Crippen molar-refractivity contribution in [2.24, 2.45) is 5.92 Å². The molecule has 3 nitrogen and oxygen atoms in total. The van der Waals surface area contributed by atoms with Crippen LogP contribution in [0.2, 0.25) is 0 Å². The van der Waals surface area contributed by atoms with E-state index >= 15 is 0 Å². The Morgan fingerprint density at radius 3 is 2.86 bits per heavy atom. The van der Waals surface area contributed by atoms with Crippen LogP contribution in [-0.2, 0) is 4.79 Å². The number of amides is 1. The van der Waals surface area contributed by atoms with E-state index in [1.165, 1.54) is 6.42 Å². The van der Waals surface area contributed by atoms with Crippen LogP contribution in [0.15, 0.2) is 18.2 Å². The van der Waals surface area contributed by atoms with Gasteiger partial charge in [0.05, 0.1) is 0 Å². The molecule has 2 rings (SSSR count). The molecule has 2 atom stereocenters. The fourth-order valence-corrected chi connectivity index (χ4v) is 2.89. The average molecular weight is 289 g/mol. The van der Waals surface area contributed by atoms with Crippen molar-refractivity contribution >= 4 is 5.91 Å². The van der Waals surface area contributed by atoms with Crippen molar-refractivity contribution in [2.75, 3.05) is 13.1 Å². The summed E-state index contributed by atoms with van der Waals surface area (Å²) in [7, 11) is 0. The fraction of sp³-hybridized carbons (Fsp3) is 0.611. The lowest BCUT2D eigenvalue weighted by Crippen LogP contribution is -2.46. The van der Waals surface area contributed by atoms with Gasteiger partial charge in [-0.25, -0.2) is 0 Å². The largest absolute Gasteiger partial charge is 0.480 e. The molecule has 1 aromatic rings. The molecule has 1 heterocycles. The van der Waals surface area contributed by atoms with Crippen molar-refractivity contribution in [1.82, 2.24) is 4.90 Å². The Labute approximate surface area is 128 Å². The van der Waals surface area contributed by atoms with Gasteiger partial charge in [0, 0.05) is 13.1 Å². The minimum absolute atomic E-state index is 0.143. The van der Waals surface area contributed by atoms with E-state index in [1.807, 2.05) is 37.8 Å².